The van der Waals surface area contributed by atoms with Crippen LogP contribution < -0.4 is 0 Å². The standard InChI is InChI=1S/C7H6BrN3/c1-5-6-4-9-2-3-11(6)7(8)10-5/h2-4H,1H3. The van der Waals surface area contributed by atoms with Crippen LogP contribution in [0, 0.1) is 6.92 Å². The molecule has 2 aromatic heterocycles. The molecule has 2 aromatic rings. The van der Waals surface area contributed by atoms with E-state index in [0.717, 1.165) is 15.9 Å². The highest BCUT2D eigenvalue weighted by atomic mass is 79.9. The average molecular weight is 212 g/mol. The van der Waals surface area contributed by atoms with Gasteiger partial charge in [0.15, 0.2) is 4.73 Å². The molecule has 11 heavy (non-hydrogen) atoms. The maximum absolute atomic E-state index is 4.23. The number of aryl methyl sites for hydroxylation is 1. The molecule has 0 N–H and O–H groups in total. The van der Waals surface area contributed by atoms with Crippen molar-refractivity contribution in [2.24, 2.45) is 0 Å². The third-order valence-electron chi connectivity index (χ3n) is 1.59. The Labute approximate surface area is 72.2 Å². The van der Waals surface area contributed by atoms with Crippen molar-refractivity contribution in [3.05, 3.63) is 29.0 Å². The first-order valence-electron chi connectivity index (χ1n) is 3.23. The molecule has 0 radical (unpaired) electrons. The lowest BCUT2D eigenvalue weighted by Gasteiger charge is -1.91. The highest BCUT2D eigenvalue weighted by molar-refractivity contribution is 9.10. The smallest absolute Gasteiger partial charge is 0.182 e. The fraction of sp³-hybridized carbons (Fsp3) is 0.143. The van der Waals surface area contributed by atoms with Gasteiger partial charge in [0, 0.05) is 12.4 Å². The lowest BCUT2D eigenvalue weighted by Crippen LogP contribution is -1.83. The van der Waals surface area contributed by atoms with E-state index in [1.807, 2.05) is 17.5 Å². The number of hydrogen-bond donors (Lipinski definition) is 0. The summed E-state index contributed by atoms with van der Waals surface area (Å²) in [6.07, 6.45) is 5.41. The lowest BCUT2D eigenvalue weighted by molar-refractivity contribution is 1.07. The van der Waals surface area contributed by atoms with Gasteiger partial charge in [-0.2, -0.15) is 0 Å². The van der Waals surface area contributed by atoms with Gasteiger partial charge in [0.05, 0.1) is 17.4 Å². The summed E-state index contributed by atoms with van der Waals surface area (Å²) in [5.74, 6) is 0. The summed E-state index contributed by atoms with van der Waals surface area (Å²) in [5.41, 5.74) is 2.03. The zero-order valence-corrected chi connectivity index (χ0v) is 7.54. The van der Waals surface area contributed by atoms with Gasteiger partial charge in [0.25, 0.3) is 0 Å². The maximum Gasteiger partial charge on any atom is 0.182 e. The third-order valence-corrected chi connectivity index (χ3v) is 2.15. The van der Waals surface area contributed by atoms with E-state index in [9.17, 15) is 0 Å². The minimum atomic E-state index is 0.826. The molecule has 0 aliphatic rings. The number of halogens is 1. The van der Waals surface area contributed by atoms with Crippen LogP contribution in [0.3, 0.4) is 0 Å². The highest BCUT2D eigenvalue weighted by Gasteiger charge is 2.02. The van der Waals surface area contributed by atoms with Crippen molar-refractivity contribution in [2.75, 3.05) is 0 Å². The van der Waals surface area contributed by atoms with Gasteiger partial charge >= 0.3 is 0 Å². The number of nitrogens with zero attached hydrogens (tertiary/aromatic N) is 3. The summed E-state index contributed by atoms with van der Waals surface area (Å²) in [6, 6.07) is 0. The van der Waals surface area contributed by atoms with Crippen molar-refractivity contribution in [3.63, 3.8) is 0 Å². The van der Waals surface area contributed by atoms with Gasteiger partial charge in [-0.1, -0.05) is 0 Å². The zero-order valence-electron chi connectivity index (χ0n) is 5.95. The van der Waals surface area contributed by atoms with Crippen molar-refractivity contribution < 1.29 is 0 Å². The number of rotatable bonds is 0. The molecule has 0 aliphatic heterocycles. The second-order valence-electron chi connectivity index (χ2n) is 2.30. The van der Waals surface area contributed by atoms with E-state index in [2.05, 4.69) is 25.9 Å². The van der Waals surface area contributed by atoms with Crippen molar-refractivity contribution in [3.8, 4) is 0 Å². The average Bonchev–Trinajstić information content (AvgIpc) is 2.30. The quantitative estimate of drug-likeness (QED) is 0.666. The molecule has 3 nitrogen and oxygen atoms in total. The van der Waals surface area contributed by atoms with Crippen LogP contribution in [-0.4, -0.2) is 14.4 Å². The second kappa shape index (κ2) is 2.30. The number of hydrogen-bond acceptors (Lipinski definition) is 2. The molecule has 0 bridgehead atoms. The predicted molar refractivity (Wildman–Crippen MR) is 45.4 cm³/mol. The fourth-order valence-electron chi connectivity index (χ4n) is 1.04. The molecule has 2 rings (SSSR count). The Morgan fingerprint density at radius 2 is 2.36 bits per heavy atom. The van der Waals surface area contributed by atoms with Crippen LogP contribution in [0.1, 0.15) is 5.69 Å². The zero-order chi connectivity index (χ0) is 7.84. The van der Waals surface area contributed by atoms with Gasteiger partial charge in [-0.15, -0.1) is 0 Å². The van der Waals surface area contributed by atoms with Gasteiger partial charge in [-0.3, -0.25) is 9.38 Å². The molecule has 0 aliphatic carbocycles. The molecule has 0 aromatic carbocycles. The largest absolute Gasteiger partial charge is 0.291 e. The monoisotopic (exact) mass is 211 g/mol. The van der Waals surface area contributed by atoms with Gasteiger partial charge < -0.3 is 0 Å². The normalized spacial score (nSPS) is 10.7. The molecule has 0 amide bonds. The first-order valence-corrected chi connectivity index (χ1v) is 4.02. The molecule has 0 atom stereocenters. The number of fused-ring (bicyclic) bond motifs is 1. The van der Waals surface area contributed by atoms with E-state index in [-0.39, 0.29) is 0 Å². The first-order chi connectivity index (χ1) is 5.29. The Balaban J connectivity index is 2.95. The molecule has 0 saturated heterocycles. The molecule has 0 fully saturated rings. The minimum absolute atomic E-state index is 0.826. The van der Waals surface area contributed by atoms with Crippen LogP contribution in [0.2, 0.25) is 0 Å². The van der Waals surface area contributed by atoms with Gasteiger partial charge in [-0.05, 0) is 22.9 Å². The molecule has 56 valence electrons. The third kappa shape index (κ3) is 0.939. The Bertz CT molecular complexity index is 357. The van der Waals surface area contributed by atoms with Crippen LogP contribution in [-0.2, 0) is 0 Å². The fourth-order valence-corrected chi connectivity index (χ4v) is 1.61. The molecule has 0 saturated carbocycles. The van der Waals surface area contributed by atoms with E-state index >= 15 is 0 Å². The Morgan fingerprint density at radius 1 is 1.55 bits per heavy atom. The summed E-state index contributed by atoms with van der Waals surface area (Å²) in [7, 11) is 0. The summed E-state index contributed by atoms with van der Waals surface area (Å²) in [4.78, 5) is 8.24. The molecular formula is C7H6BrN3. The SMILES string of the molecule is Cc1nc(Br)n2ccncc12. The first kappa shape index (κ1) is 6.79. The molecular weight excluding hydrogens is 206 g/mol. The van der Waals surface area contributed by atoms with Gasteiger partial charge in [0.2, 0.25) is 0 Å². The van der Waals surface area contributed by atoms with E-state index in [1.165, 1.54) is 0 Å². The van der Waals surface area contributed by atoms with Gasteiger partial charge in [-0.25, -0.2) is 4.98 Å². The summed E-state index contributed by atoms with van der Waals surface area (Å²) in [5, 5.41) is 0. The molecule has 0 unspecified atom stereocenters. The number of imidazole rings is 1. The summed E-state index contributed by atoms with van der Waals surface area (Å²) >= 11 is 3.34. The molecule has 2 heterocycles. The minimum Gasteiger partial charge on any atom is -0.291 e. The van der Waals surface area contributed by atoms with Crippen molar-refractivity contribution in [1.82, 2.24) is 14.4 Å². The lowest BCUT2D eigenvalue weighted by atomic mass is 10.4. The Morgan fingerprint density at radius 3 is 3.09 bits per heavy atom. The second-order valence-corrected chi connectivity index (χ2v) is 3.01. The van der Waals surface area contributed by atoms with Crippen LogP contribution in [0.25, 0.3) is 5.52 Å². The van der Waals surface area contributed by atoms with Crippen molar-refractivity contribution in [2.45, 2.75) is 6.92 Å². The van der Waals surface area contributed by atoms with E-state index in [4.69, 9.17) is 0 Å². The van der Waals surface area contributed by atoms with Crippen LogP contribution in [0.4, 0.5) is 0 Å². The van der Waals surface area contributed by atoms with Crippen LogP contribution >= 0.6 is 15.9 Å². The highest BCUT2D eigenvalue weighted by Crippen LogP contribution is 2.14. The Hall–Kier alpha value is -0.900. The van der Waals surface area contributed by atoms with Crippen LogP contribution in [0.5, 0.6) is 0 Å². The maximum atomic E-state index is 4.23. The molecule has 4 heteroatoms. The van der Waals surface area contributed by atoms with Crippen molar-refractivity contribution >= 4 is 21.4 Å². The van der Waals surface area contributed by atoms with Gasteiger partial charge in [0.1, 0.15) is 0 Å². The van der Waals surface area contributed by atoms with E-state index in [0.29, 0.717) is 0 Å². The predicted octanol–water partition coefficient (Wildman–Crippen LogP) is 1.80. The van der Waals surface area contributed by atoms with E-state index in [1.54, 1.807) is 12.4 Å². The number of aromatic nitrogens is 3. The Kier molecular flexibility index (Phi) is 1.42. The van der Waals surface area contributed by atoms with E-state index < -0.39 is 0 Å². The molecule has 0 spiro atoms. The summed E-state index contributed by atoms with van der Waals surface area (Å²) in [6.45, 7) is 1.96. The summed E-state index contributed by atoms with van der Waals surface area (Å²) < 4.78 is 2.77. The topological polar surface area (TPSA) is 30.2 Å². The van der Waals surface area contributed by atoms with Crippen LogP contribution in [0.15, 0.2) is 23.3 Å². The van der Waals surface area contributed by atoms with Crippen molar-refractivity contribution in [1.29, 1.82) is 0 Å².